The van der Waals surface area contributed by atoms with Gasteiger partial charge in [0.15, 0.2) is 0 Å². The van der Waals surface area contributed by atoms with Crippen molar-refractivity contribution in [3.8, 4) is 5.69 Å². The maximum atomic E-state index is 10.5. The number of aryl methyl sites for hydroxylation is 2. The molecule has 2 aromatic rings. The molecule has 4 heteroatoms. The molecule has 4 nitrogen and oxygen atoms in total. The first-order valence-electron chi connectivity index (χ1n) is 6.03. The molecule has 0 saturated heterocycles. The minimum absolute atomic E-state index is 0.117. The fourth-order valence-electron chi connectivity index (χ4n) is 1.77. The van der Waals surface area contributed by atoms with E-state index in [9.17, 15) is 4.79 Å². The lowest BCUT2D eigenvalue weighted by molar-refractivity contribution is -0.136. The molecule has 0 amide bonds. The fourth-order valence-corrected chi connectivity index (χ4v) is 1.77. The van der Waals surface area contributed by atoms with Crippen LogP contribution in [0.1, 0.15) is 24.6 Å². The van der Waals surface area contributed by atoms with Gasteiger partial charge in [-0.2, -0.15) is 0 Å². The van der Waals surface area contributed by atoms with E-state index in [1.54, 1.807) is 6.33 Å². The van der Waals surface area contributed by atoms with Crippen LogP contribution >= 0.6 is 0 Å². The monoisotopic (exact) mass is 244 g/mol. The van der Waals surface area contributed by atoms with E-state index in [2.05, 4.69) is 24.0 Å². The number of aromatic nitrogens is 2. The molecule has 0 aliphatic carbocycles. The summed E-state index contributed by atoms with van der Waals surface area (Å²) in [4.78, 5) is 14.7. The Balaban J connectivity index is 2.10. The first kappa shape index (κ1) is 12.4. The maximum Gasteiger partial charge on any atom is 0.303 e. The van der Waals surface area contributed by atoms with Crippen LogP contribution in [0.2, 0.25) is 0 Å². The largest absolute Gasteiger partial charge is 0.481 e. The van der Waals surface area contributed by atoms with Crippen LogP contribution in [-0.4, -0.2) is 20.6 Å². The van der Waals surface area contributed by atoms with Gasteiger partial charge in [-0.15, -0.1) is 0 Å². The predicted molar refractivity (Wildman–Crippen MR) is 68.9 cm³/mol. The van der Waals surface area contributed by atoms with Crippen LogP contribution in [0.4, 0.5) is 0 Å². The number of nitrogens with zero attached hydrogens (tertiary/aromatic N) is 2. The van der Waals surface area contributed by atoms with Crippen LogP contribution in [0.15, 0.2) is 36.8 Å². The van der Waals surface area contributed by atoms with Crippen LogP contribution in [0.25, 0.3) is 5.69 Å². The number of benzene rings is 1. The van der Waals surface area contributed by atoms with Crippen molar-refractivity contribution in [2.75, 3.05) is 0 Å². The van der Waals surface area contributed by atoms with E-state index in [1.165, 1.54) is 5.56 Å². The predicted octanol–water partition coefficient (Wildman–Crippen LogP) is 2.45. The Morgan fingerprint density at radius 3 is 2.67 bits per heavy atom. The highest BCUT2D eigenvalue weighted by molar-refractivity contribution is 5.66. The third kappa shape index (κ3) is 2.97. The molecule has 94 valence electrons. The Morgan fingerprint density at radius 1 is 1.33 bits per heavy atom. The summed E-state index contributed by atoms with van der Waals surface area (Å²) in [5.74, 6) is -0.795. The molecule has 1 aromatic carbocycles. The number of aliphatic carboxylic acids is 1. The third-order valence-corrected chi connectivity index (χ3v) is 2.87. The molecule has 0 aliphatic rings. The number of carbonyl (C=O) groups is 1. The van der Waals surface area contributed by atoms with Crippen molar-refractivity contribution in [2.45, 2.75) is 26.2 Å². The second-order valence-electron chi connectivity index (χ2n) is 4.19. The van der Waals surface area contributed by atoms with Crippen LogP contribution in [0, 0.1) is 0 Å². The Bertz CT molecular complexity index is 529. The van der Waals surface area contributed by atoms with Crippen LogP contribution in [-0.2, 0) is 17.6 Å². The molecular weight excluding hydrogens is 228 g/mol. The van der Waals surface area contributed by atoms with Crippen LogP contribution < -0.4 is 0 Å². The van der Waals surface area contributed by atoms with Gasteiger partial charge in [-0.25, -0.2) is 4.98 Å². The number of hydrogen-bond donors (Lipinski definition) is 1. The van der Waals surface area contributed by atoms with Gasteiger partial charge in [-0.3, -0.25) is 4.79 Å². The van der Waals surface area contributed by atoms with E-state index in [0.29, 0.717) is 6.42 Å². The van der Waals surface area contributed by atoms with Gasteiger partial charge in [-0.1, -0.05) is 19.1 Å². The molecule has 0 atom stereocenters. The lowest BCUT2D eigenvalue weighted by atomic mass is 10.1. The Labute approximate surface area is 106 Å². The van der Waals surface area contributed by atoms with Gasteiger partial charge in [-0.05, 0) is 24.1 Å². The highest BCUT2D eigenvalue weighted by Gasteiger charge is 2.03. The molecule has 0 bridgehead atoms. The van der Waals surface area contributed by atoms with E-state index in [1.807, 2.05) is 22.9 Å². The minimum Gasteiger partial charge on any atom is -0.481 e. The van der Waals surface area contributed by atoms with Crippen molar-refractivity contribution in [3.63, 3.8) is 0 Å². The van der Waals surface area contributed by atoms with Gasteiger partial charge in [0.1, 0.15) is 0 Å². The van der Waals surface area contributed by atoms with E-state index >= 15 is 0 Å². The SMILES string of the molecule is CCc1ccc(-n2cnc(CCC(=O)O)c2)cc1. The summed E-state index contributed by atoms with van der Waals surface area (Å²) < 4.78 is 1.91. The minimum atomic E-state index is -0.795. The second kappa shape index (κ2) is 5.49. The number of carboxylic acid groups (broad SMARTS) is 1. The molecule has 0 fully saturated rings. The third-order valence-electron chi connectivity index (χ3n) is 2.87. The van der Waals surface area contributed by atoms with Gasteiger partial charge < -0.3 is 9.67 Å². The van der Waals surface area contributed by atoms with E-state index < -0.39 is 5.97 Å². The van der Waals surface area contributed by atoms with Crippen LogP contribution in [0.3, 0.4) is 0 Å². The summed E-state index contributed by atoms with van der Waals surface area (Å²) in [7, 11) is 0. The van der Waals surface area contributed by atoms with Gasteiger partial charge in [0.2, 0.25) is 0 Å². The van der Waals surface area contributed by atoms with Crippen molar-refractivity contribution in [2.24, 2.45) is 0 Å². The zero-order valence-corrected chi connectivity index (χ0v) is 10.3. The average Bonchev–Trinajstić information content (AvgIpc) is 2.85. The van der Waals surface area contributed by atoms with Crippen molar-refractivity contribution < 1.29 is 9.90 Å². The Hall–Kier alpha value is -2.10. The molecule has 1 heterocycles. The number of rotatable bonds is 5. The van der Waals surface area contributed by atoms with Crippen molar-refractivity contribution in [1.29, 1.82) is 0 Å². The standard InChI is InChI=1S/C14H16N2O2/c1-2-11-3-6-13(7-4-11)16-9-12(15-10-16)5-8-14(17)18/h3-4,6-7,9-10H,2,5,8H2,1H3,(H,17,18). The molecular formula is C14H16N2O2. The van der Waals surface area contributed by atoms with Gasteiger partial charge in [0.25, 0.3) is 0 Å². The lowest BCUT2D eigenvalue weighted by Crippen LogP contribution is -1.97. The topological polar surface area (TPSA) is 55.1 Å². The van der Waals surface area contributed by atoms with Crippen molar-refractivity contribution in [1.82, 2.24) is 9.55 Å². The molecule has 0 spiro atoms. The van der Waals surface area contributed by atoms with Crippen LogP contribution in [0.5, 0.6) is 0 Å². The molecule has 2 rings (SSSR count). The molecule has 0 saturated carbocycles. The highest BCUT2D eigenvalue weighted by atomic mass is 16.4. The number of carboxylic acids is 1. The number of hydrogen-bond acceptors (Lipinski definition) is 2. The Kier molecular flexibility index (Phi) is 3.77. The Morgan fingerprint density at radius 2 is 2.06 bits per heavy atom. The van der Waals surface area contributed by atoms with E-state index in [0.717, 1.165) is 17.8 Å². The smallest absolute Gasteiger partial charge is 0.303 e. The summed E-state index contributed by atoms with van der Waals surface area (Å²) in [6.07, 6.45) is 5.21. The first-order chi connectivity index (χ1) is 8.69. The van der Waals surface area contributed by atoms with Crippen molar-refractivity contribution in [3.05, 3.63) is 48.0 Å². The first-order valence-corrected chi connectivity index (χ1v) is 6.03. The number of imidazole rings is 1. The maximum absolute atomic E-state index is 10.5. The van der Waals surface area contributed by atoms with Crippen molar-refractivity contribution >= 4 is 5.97 Å². The van der Waals surface area contributed by atoms with Gasteiger partial charge >= 0.3 is 5.97 Å². The lowest BCUT2D eigenvalue weighted by Gasteiger charge is -2.02. The average molecular weight is 244 g/mol. The second-order valence-corrected chi connectivity index (χ2v) is 4.19. The summed E-state index contributed by atoms with van der Waals surface area (Å²) >= 11 is 0. The molecule has 18 heavy (non-hydrogen) atoms. The molecule has 0 radical (unpaired) electrons. The zero-order chi connectivity index (χ0) is 13.0. The van der Waals surface area contributed by atoms with E-state index in [-0.39, 0.29) is 6.42 Å². The normalized spacial score (nSPS) is 10.5. The zero-order valence-electron chi connectivity index (χ0n) is 10.3. The molecule has 1 N–H and O–H groups in total. The highest BCUT2D eigenvalue weighted by Crippen LogP contribution is 2.11. The fraction of sp³-hybridized carbons (Fsp3) is 0.286. The van der Waals surface area contributed by atoms with Gasteiger partial charge in [0, 0.05) is 18.3 Å². The quantitative estimate of drug-likeness (QED) is 0.879. The summed E-state index contributed by atoms with van der Waals surface area (Å²) in [6.45, 7) is 2.12. The molecule has 0 aliphatic heterocycles. The molecule has 1 aromatic heterocycles. The van der Waals surface area contributed by atoms with E-state index in [4.69, 9.17) is 5.11 Å². The summed E-state index contributed by atoms with van der Waals surface area (Å²) in [6, 6.07) is 8.27. The molecule has 0 unspecified atom stereocenters. The summed E-state index contributed by atoms with van der Waals surface area (Å²) in [5, 5.41) is 8.62. The van der Waals surface area contributed by atoms with Gasteiger partial charge in [0.05, 0.1) is 18.4 Å². The summed E-state index contributed by atoms with van der Waals surface area (Å²) in [5.41, 5.74) is 3.14.